The molecule has 2 aromatic rings. The first kappa shape index (κ1) is 13.4. The van der Waals surface area contributed by atoms with Gasteiger partial charge in [-0.3, -0.25) is 0 Å². The van der Waals surface area contributed by atoms with Gasteiger partial charge in [0.1, 0.15) is 0 Å². The van der Waals surface area contributed by atoms with Crippen molar-refractivity contribution in [2.24, 2.45) is 0 Å². The van der Waals surface area contributed by atoms with Crippen molar-refractivity contribution in [2.45, 2.75) is 26.8 Å². The molecule has 0 saturated carbocycles. The molecule has 1 heterocycles. The van der Waals surface area contributed by atoms with Gasteiger partial charge in [0.05, 0.1) is 28.1 Å². The van der Waals surface area contributed by atoms with Crippen LogP contribution in [-0.4, -0.2) is 4.98 Å². The predicted octanol–water partition coefficient (Wildman–Crippen LogP) is 4.28. The second-order valence-corrected chi connectivity index (χ2v) is 6.43. The summed E-state index contributed by atoms with van der Waals surface area (Å²) >= 11 is 5.13. The molecule has 0 radical (unpaired) electrons. The van der Waals surface area contributed by atoms with Crippen LogP contribution < -0.4 is 11.1 Å². The molecule has 0 saturated heterocycles. The van der Waals surface area contributed by atoms with E-state index in [2.05, 4.69) is 33.2 Å². The third-order valence-electron chi connectivity index (χ3n) is 2.72. The highest BCUT2D eigenvalue weighted by Gasteiger charge is 2.13. The van der Waals surface area contributed by atoms with E-state index in [1.54, 1.807) is 11.3 Å². The van der Waals surface area contributed by atoms with Crippen LogP contribution in [0.5, 0.6) is 0 Å². The van der Waals surface area contributed by atoms with Gasteiger partial charge in [0, 0.05) is 9.35 Å². The molecule has 1 aromatic heterocycles. The normalized spacial score (nSPS) is 12.4. The van der Waals surface area contributed by atoms with Crippen LogP contribution in [0.15, 0.2) is 22.7 Å². The van der Waals surface area contributed by atoms with E-state index in [9.17, 15) is 0 Å². The van der Waals surface area contributed by atoms with Gasteiger partial charge >= 0.3 is 0 Å². The number of anilines is 2. The second-order valence-electron chi connectivity index (χ2n) is 4.28. The topological polar surface area (TPSA) is 50.9 Å². The monoisotopic (exact) mass is 325 g/mol. The summed E-state index contributed by atoms with van der Waals surface area (Å²) in [4.78, 5) is 5.71. The van der Waals surface area contributed by atoms with Crippen LogP contribution in [0, 0.1) is 13.8 Å². The van der Waals surface area contributed by atoms with Gasteiger partial charge in [-0.25, -0.2) is 4.98 Å². The number of nitrogens with zero attached hydrogens (tertiary/aromatic N) is 1. The van der Waals surface area contributed by atoms with Crippen molar-refractivity contribution in [3.63, 3.8) is 0 Å². The Balaban J connectivity index is 2.21. The molecular formula is C13H16BrN3S. The molecule has 3 N–H and O–H groups in total. The van der Waals surface area contributed by atoms with Crippen molar-refractivity contribution in [2.75, 3.05) is 11.1 Å². The van der Waals surface area contributed by atoms with Crippen molar-refractivity contribution in [3.05, 3.63) is 38.3 Å². The molecule has 2 rings (SSSR count). The van der Waals surface area contributed by atoms with Crippen LogP contribution in [0.2, 0.25) is 0 Å². The number of thiazole rings is 1. The van der Waals surface area contributed by atoms with Crippen LogP contribution in [0.25, 0.3) is 0 Å². The molecule has 0 aliphatic rings. The smallest absolute Gasteiger partial charge is 0.0900 e. The highest BCUT2D eigenvalue weighted by Crippen LogP contribution is 2.30. The Kier molecular flexibility index (Phi) is 3.92. The van der Waals surface area contributed by atoms with E-state index in [1.165, 1.54) is 4.88 Å². The van der Waals surface area contributed by atoms with Gasteiger partial charge in [0.2, 0.25) is 0 Å². The summed E-state index contributed by atoms with van der Waals surface area (Å²) in [5.74, 6) is 0. The minimum Gasteiger partial charge on any atom is -0.397 e. The molecule has 0 spiro atoms. The lowest BCUT2D eigenvalue weighted by Gasteiger charge is -2.16. The summed E-state index contributed by atoms with van der Waals surface area (Å²) < 4.78 is 0.989. The molecular weight excluding hydrogens is 310 g/mol. The Morgan fingerprint density at radius 2 is 2.11 bits per heavy atom. The van der Waals surface area contributed by atoms with E-state index in [-0.39, 0.29) is 6.04 Å². The number of benzene rings is 1. The van der Waals surface area contributed by atoms with Crippen LogP contribution in [0.4, 0.5) is 11.4 Å². The summed E-state index contributed by atoms with van der Waals surface area (Å²) in [5, 5.41) is 4.53. The van der Waals surface area contributed by atoms with E-state index < -0.39 is 0 Å². The molecule has 1 aromatic carbocycles. The number of rotatable bonds is 3. The summed E-state index contributed by atoms with van der Waals surface area (Å²) in [6.07, 6.45) is 0. The summed E-state index contributed by atoms with van der Waals surface area (Å²) in [6.45, 7) is 6.20. The molecule has 0 aliphatic carbocycles. The van der Waals surface area contributed by atoms with Crippen molar-refractivity contribution in [3.8, 4) is 0 Å². The van der Waals surface area contributed by atoms with Gasteiger partial charge in [-0.05, 0) is 39.0 Å². The standard InChI is InChI=1S/C13H16BrN3S/c1-7-13(18-9(3)16-7)8(2)17-12-5-4-10(14)6-11(12)15/h4-6,8,17H,15H2,1-3H3. The van der Waals surface area contributed by atoms with Gasteiger partial charge in [0.15, 0.2) is 0 Å². The summed E-state index contributed by atoms with van der Waals surface area (Å²) in [6, 6.07) is 6.08. The van der Waals surface area contributed by atoms with Crippen LogP contribution in [0.3, 0.4) is 0 Å². The maximum Gasteiger partial charge on any atom is 0.0900 e. The van der Waals surface area contributed by atoms with Gasteiger partial charge in [0.25, 0.3) is 0 Å². The maximum absolute atomic E-state index is 5.99. The molecule has 1 atom stereocenters. The SMILES string of the molecule is Cc1nc(C)c(C(C)Nc2ccc(Br)cc2N)s1. The van der Waals surface area contributed by atoms with E-state index >= 15 is 0 Å². The minimum absolute atomic E-state index is 0.208. The number of nitrogens with one attached hydrogen (secondary N) is 1. The molecule has 5 heteroatoms. The molecule has 18 heavy (non-hydrogen) atoms. The predicted molar refractivity (Wildman–Crippen MR) is 82.2 cm³/mol. The molecule has 3 nitrogen and oxygen atoms in total. The third kappa shape index (κ3) is 2.84. The second kappa shape index (κ2) is 5.28. The van der Waals surface area contributed by atoms with E-state index in [0.717, 1.165) is 26.5 Å². The lowest BCUT2D eigenvalue weighted by molar-refractivity contribution is 0.890. The zero-order chi connectivity index (χ0) is 13.3. The first-order valence-corrected chi connectivity index (χ1v) is 7.34. The fraction of sp³-hybridized carbons (Fsp3) is 0.308. The van der Waals surface area contributed by atoms with E-state index in [4.69, 9.17) is 5.73 Å². The lowest BCUT2D eigenvalue weighted by Crippen LogP contribution is -2.08. The Morgan fingerprint density at radius 1 is 1.39 bits per heavy atom. The van der Waals surface area contributed by atoms with Crippen molar-refractivity contribution >= 4 is 38.6 Å². The zero-order valence-corrected chi connectivity index (χ0v) is 13.0. The number of hydrogen-bond donors (Lipinski definition) is 2. The highest BCUT2D eigenvalue weighted by molar-refractivity contribution is 9.10. The minimum atomic E-state index is 0.208. The number of hydrogen-bond acceptors (Lipinski definition) is 4. The Bertz CT molecular complexity index is 565. The molecule has 0 amide bonds. The molecule has 0 aliphatic heterocycles. The van der Waals surface area contributed by atoms with Crippen molar-refractivity contribution in [1.29, 1.82) is 0 Å². The number of aromatic nitrogens is 1. The first-order valence-electron chi connectivity index (χ1n) is 5.73. The molecule has 0 bridgehead atoms. The Hall–Kier alpha value is -1.07. The molecule has 0 fully saturated rings. The summed E-state index contributed by atoms with van der Waals surface area (Å²) in [7, 11) is 0. The zero-order valence-electron chi connectivity index (χ0n) is 10.6. The Morgan fingerprint density at radius 3 is 2.67 bits per heavy atom. The average molecular weight is 326 g/mol. The van der Waals surface area contributed by atoms with Crippen molar-refractivity contribution in [1.82, 2.24) is 4.98 Å². The number of aryl methyl sites for hydroxylation is 2. The van der Waals surface area contributed by atoms with E-state index in [0.29, 0.717) is 0 Å². The fourth-order valence-corrected chi connectivity index (χ4v) is 3.22. The fourth-order valence-electron chi connectivity index (χ4n) is 1.91. The molecule has 1 unspecified atom stereocenters. The lowest BCUT2D eigenvalue weighted by atomic mass is 10.2. The maximum atomic E-state index is 5.99. The number of halogens is 1. The Labute approximate surface area is 120 Å². The van der Waals surface area contributed by atoms with Crippen molar-refractivity contribution < 1.29 is 0 Å². The van der Waals surface area contributed by atoms with Gasteiger partial charge in [-0.15, -0.1) is 11.3 Å². The summed E-state index contributed by atoms with van der Waals surface area (Å²) in [5.41, 5.74) is 8.78. The largest absolute Gasteiger partial charge is 0.397 e. The van der Waals surface area contributed by atoms with Crippen LogP contribution in [-0.2, 0) is 0 Å². The third-order valence-corrected chi connectivity index (χ3v) is 4.47. The van der Waals surface area contributed by atoms with E-state index in [1.807, 2.05) is 32.0 Å². The van der Waals surface area contributed by atoms with Gasteiger partial charge < -0.3 is 11.1 Å². The molecule has 96 valence electrons. The number of nitrogen functional groups attached to an aromatic ring is 1. The average Bonchev–Trinajstić information content (AvgIpc) is 2.62. The first-order chi connectivity index (χ1) is 8.47. The van der Waals surface area contributed by atoms with Crippen LogP contribution >= 0.6 is 27.3 Å². The van der Waals surface area contributed by atoms with Gasteiger partial charge in [-0.1, -0.05) is 15.9 Å². The quantitative estimate of drug-likeness (QED) is 0.828. The van der Waals surface area contributed by atoms with Crippen LogP contribution in [0.1, 0.15) is 28.5 Å². The number of nitrogens with two attached hydrogens (primary N) is 1. The highest BCUT2D eigenvalue weighted by atomic mass is 79.9. The van der Waals surface area contributed by atoms with Gasteiger partial charge in [-0.2, -0.15) is 0 Å².